The molecule has 1 aromatic heterocycles. The van der Waals surface area contributed by atoms with Crippen molar-refractivity contribution in [1.29, 1.82) is 0 Å². The van der Waals surface area contributed by atoms with Crippen molar-refractivity contribution in [1.82, 2.24) is 4.98 Å². The van der Waals surface area contributed by atoms with E-state index in [1.165, 1.54) is 22.9 Å². The molecule has 1 N–H and O–H groups in total. The smallest absolute Gasteiger partial charge is 0.354 e. The van der Waals surface area contributed by atoms with E-state index >= 15 is 0 Å². The molecule has 0 atom stereocenters. The van der Waals surface area contributed by atoms with Crippen molar-refractivity contribution in [2.75, 3.05) is 4.90 Å². The number of pyridine rings is 1. The highest BCUT2D eigenvalue weighted by molar-refractivity contribution is 5.85. The lowest BCUT2D eigenvalue weighted by Crippen LogP contribution is -2.30. The van der Waals surface area contributed by atoms with Gasteiger partial charge in [0.15, 0.2) is 0 Å². The number of aryl methyl sites for hydroxylation is 1. The number of carboxylic acids is 1. The van der Waals surface area contributed by atoms with Crippen LogP contribution in [0.1, 0.15) is 41.2 Å². The van der Waals surface area contributed by atoms with E-state index < -0.39 is 5.97 Å². The minimum absolute atomic E-state index is 0.0136. The summed E-state index contributed by atoms with van der Waals surface area (Å²) in [7, 11) is 0. The van der Waals surface area contributed by atoms with Crippen molar-refractivity contribution in [3.8, 4) is 16.9 Å². The highest BCUT2D eigenvalue weighted by Crippen LogP contribution is 2.26. The molecule has 0 aliphatic rings. The highest BCUT2D eigenvalue weighted by Gasteiger charge is 2.12. The van der Waals surface area contributed by atoms with Crippen LogP contribution in [0.15, 0.2) is 91.0 Å². The maximum absolute atomic E-state index is 11.1. The van der Waals surface area contributed by atoms with Gasteiger partial charge in [0.05, 0.1) is 5.69 Å². The fourth-order valence-corrected chi connectivity index (χ4v) is 3.93. The van der Waals surface area contributed by atoms with Crippen LogP contribution in [0.4, 0.5) is 5.69 Å². The van der Waals surface area contributed by atoms with Crippen LogP contribution in [-0.4, -0.2) is 22.1 Å². The second kappa shape index (κ2) is 10.9. The van der Waals surface area contributed by atoms with Gasteiger partial charge in [-0.25, -0.2) is 9.78 Å². The zero-order chi connectivity index (χ0) is 24.8. The molecule has 5 heteroatoms. The van der Waals surface area contributed by atoms with Gasteiger partial charge in [-0.15, -0.1) is 0 Å². The molecule has 3 aromatic carbocycles. The van der Waals surface area contributed by atoms with E-state index in [1.807, 2.05) is 24.3 Å². The molecule has 35 heavy (non-hydrogen) atoms. The molecule has 0 fully saturated rings. The number of rotatable bonds is 9. The molecule has 0 aliphatic heterocycles. The van der Waals surface area contributed by atoms with E-state index in [-0.39, 0.29) is 12.3 Å². The van der Waals surface area contributed by atoms with Crippen LogP contribution in [0.25, 0.3) is 11.1 Å². The quantitative estimate of drug-likeness (QED) is 0.296. The third-order valence-corrected chi connectivity index (χ3v) is 5.87. The summed E-state index contributed by atoms with van der Waals surface area (Å²) in [5, 5.41) is 9.09. The number of carboxylic acid groups (broad SMARTS) is 1. The molecule has 0 unspecified atom stereocenters. The summed E-state index contributed by atoms with van der Waals surface area (Å²) >= 11 is 0. The second-order valence-corrected chi connectivity index (χ2v) is 8.89. The predicted molar refractivity (Wildman–Crippen MR) is 140 cm³/mol. The summed E-state index contributed by atoms with van der Waals surface area (Å²) in [5.41, 5.74) is 6.58. The van der Waals surface area contributed by atoms with Crippen LogP contribution >= 0.6 is 0 Å². The lowest BCUT2D eigenvalue weighted by atomic mass is 10.0. The molecule has 4 aromatic rings. The van der Waals surface area contributed by atoms with Crippen LogP contribution in [0.2, 0.25) is 0 Å². The first-order chi connectivity index (χ1) is 16.9. The minimum Gasteiger partial charge on any atom is -0.487 e. The van der Waals surface area contributed by atoms with Crippen LogP contribution in [-0.2, 0) is 13.2 Å². The number of aromatic carboxylic acids is 1. The van der Waals surface area contributed by atoms with Crippen LogP contribution in [0, 0.1) is 6.92 Å². The molecule has 0 spiro atoms. The predicted octanol–water partition coefficient (Wildman–Crippen LogP) is 6.75. The Morgan fingerprint density at radius 2 is 1.63 bits per heavy atom. The topological polar surface area (TPSA) is 62.7 Å². The Morgan fingerprint density at radius 1 is 0.914 bits per heavy atom. The SMILES string of the molecule is Cc1ccc(N(Cc2cccc(-c3ccc(OCc4cccc(C(=O)O)n4)cc3)c2)C(C)C)cc1. The Kier molecular flexibility index (Phi) is 7.46. The van der Waals surface area contributed by atoms with Gasteiger partial charge in [0.1, 0.15) is 18.1 Å². The molecular formula is C30H30N2O3. The normalized spacial score (nSPS) is 10.9. The van der Waals surface area contributed by atoms with Gasteiger partial charge in [-0.3, -0.25) is 0 Å². The molecule has 178 valence electrons. The highest BCUT2D eigenvalue weighted by atomic mass is 16.5. The van der Waals surface area contributed by atoms with Crippen molar-refractivity contribution in [3.05, 3.63) is 114 Å². The lowest BCUT2D eigenvalue weighted by molar-refractivity contribution is 0.0690. The van der Waals surface area contributed by atoms with Gasteiger partial charge in [0, 0.05) is 18.3 Å². The van der Waals surface area contributed by atoms with Gasteiger partial charge in [-0.05, 0) is 79.9 Å². The number of nitrogens with zero attached hydrogens (tertiary/aromatic N) is 2. The van der Waals surface area contributed by atoms with E-state index in [4.69, 9.17) is 9.84 Å². The van der Waals surface area contributed by atoms with Crippen molar-refractivity contribution in [2.45, 2.75) is 40.0 Å². The van der Waals surface area contributed by atoms with Crippen molar-refractivity contribution in [2.24, 2.45) is 0 Å². The number of aromatic nitrogens is 1. The van der Waals surface area contributed by atoms with E-state index in [2.05, 4.69) is 79.2 Å². The summed E-state index contributed by atoms with van der Waals surface area (Å²) in [5.74, 6) is -0.341. The molecule has 0 saturated carbocycles. The summed E-state index contributed by atoms with van der Waals surface area (Å²) in [6.07, 6.45) is 0. The summed E-state index contributed by atoms with van der Waals surface area (Å²) in [6, 6.07) is 30.5. The first-order valence-corrected chi connectivity index (χ1v) is 11.7. The molecule has 0 saturated heterocycles. The minimum atomic E-state index is -1.05. The number of hydrogen-bond donors (Lipinski definition) is 1. The van der Waals surface area contributed by atoms with E-state index in [9.17, 15) is 4.79 Å². The first-order valence-electron chi connectivity index (χ1n) is 11.7. The number of ether oxygens (including phenoxy) is 1. The van der Waals surface area contributed by atoms with Crippen LogP contribution < -0.4 is 9.64 Å². The van der Waals surface area contributed by atoms with Gasteiger partial charge in [0.2, 0.25) is 0 Å². The fourth-order valence-electron chi connectivity index (χ4n) is 3.93. The van der Waals surface area contributed by atoms with E-state index in [1.54, 1.807) is 12.1 Å². The monoisotopic (exact) mass is 466 g/mol. The molecule has 0 amide bonds. The van der Waals surface area contributed by atoms with Crippen molar-refractivity contribution in [3.63, 3.8) is 0 Å². The van der Waals surface area contributed by atoms with Gasteiger partial charge >= 0.3 is 5.97 Å². The summed E-state index contributed by atoms with van der Waals surface area (Å²) in [4.78, 5) is 17.6. The molecule has 4 rings (SSSR count). The van der Waals surface area contributed by atoms with E-state index in [0.29, 0.717) is 17.5 Å². The molecule has 1 heterocycles. The van der Waals surface area contributed by atoms with Gasteiger partial charge < -0.3 is 14.7 Å². The largest absolute Gasteiger partial charge is 0.487 e. The average molecular weight is 467 g/mol. The lowest BCUT2D eigenvalue weighted by Gasteiger charge is -2.29. The Balaban J connectivity index is 1.44. The third-order valence-electron chi connectivity index (χ3n) is 5.87. The standard InChI is InChI=1S/C30H30N2O3/c1-21(2)32(27-14-10-22(3)11-15-27)19-23-6-4-7-25(18-23)24-12-16-28(17-13-24)35-20-26-8-5-9-29(31-26)30(33)34/h4-18,21H,19-20H2,1-3H3,(H,33,34). The average Bonchev–Trinajstić information content (AvgIpc) is 2.87. The Labute approximate surface area is 206 Å². The first kappa shape index (κ1) is 24.0. The second-order valence-electron chi connectivity index (χ2n) is 8.89. The number of anilines is 1. The van der Waals surface area contributed by atoms with Crippen molar-refractivity contribution < 1.29 is 14.6 Å². The van der Waals surface area contributed by atoms with E-state index in [0.717, 1.165) is 17.7 Å². The Bertz CT molecular complexity index is 1280. The number of carbonyl (C=O) groups is 1. The van der Waals surface area contributed by atoms with Crippen LogP contribution in [0.5, 0.6) is 5.75 Å². The zero-order valence-corrected chi connectivity index (χ0v) is 20.3. The molecule has 5 nitrogen and oxygen atoms in total. The zero-order valence-electron chi connectivity index (χ0n) is 20.3. The Hall–Kier alpha value is -4.12. The molecule has 0 bridgehead atoms. The molecule has 0 radical (unpaired) electrons. The maximum atomic E-state index is 11.1. The van der Waals surface area contributed by atoms with Gasteiger partial charge in [0.25, 0.3) is 0 Å². The maximum Gasteiger partial charge on any atom is 0.354 e. The molecular weight excluding hydrogens is 436 g/mol. The number of hydrogen-bond acceptors (Lipinski definition) is 4. The number of benzene rings is 3. The summed E-state index contributed by atoms with van der Waals surface area (Å²) < 4.78 is 5.82. The van der Waals surface area contributed by atoms with Crippen LogP contribution in [0.3, 0.4) is 0 Å². The molecule has 0 aliphatic carbocycles. The fraction of sp³-hybridized carbons (Fsp3) is 0.200. The van der Waals surface area contributed by atoms with Gasteiger partial charge in [-0.2, -0.15) is 0 Å². The van der Waals surface area contributed by atoms with Crippen molar-refractivity contribution >= 4 is 11.7 Å². The summed E-state index contributed by atoms with van der Waals surface area (Å²) in [6.45, 7) is 7.58. The Morgan fingerprint density at radius 3 is 2.31 bits per heavy atom. The van der Waals surface area contributed by atoms with Gasteiger partial charge in [-0.1, -0.05) is 54.1 Å². The third kappa shape index (κ3) is 6.27.